The lowest BCUT2D eigenvalue weighted by atomic mass is 10.1. The van der Waals surface area contributed by atoms with Crippen LogP contribution in [-0.4, -0.2) is 9.97 Å². The molecule has 0 radical (unpaired) electrons. The van der Waals surface area contributed by atoms with Gasteiger partial charge in [-0.15, -0.1) is 0 Å². The Balaban J connectivity index is -0.000000128. The molecular formula is C24H46N2. The molecule has 0 fully saturated rings. The maximum Gasteiger partial charge on any atom is 0.115 e. The van der Waals surface area contributed by atoms with Crippen LogP contribution in [-0.2, 0) is 6.42 Å². The summed E-state index contributed by atoms with van der Waals surface area (Å²) in [4.78, 5) is 7.35. The second-order valence-corrected chi connectivity index (χ2v) is 4.85. The molecular weight excluding hydrogens is 316 g/mol. The summed E-state index contributed by atoms with van der Waals surface area (Å²) < 4.78 is 0. The van der Waals surface area contributed by atoms with Gasteiger partial charge in [-0.1, -0.05) is 118 Å². The van der Waals surface area contributed by atoms with Gasteiger partial charge in [0.25, 0.3) is 0 Å². The van der Waals surface area contributed by atoms with Gasteiger partial charge in [-0.2, -0.15) is 0 Å². The average Bonchev–Trinajstić information content (AvgIpc) is 2.73. The van der Waals surface area contributed by atoms with Gasteiger partial charge in [-0.25, -0.2) is 9.97 Å². The van der Waals surface area contributed by atoms with E-state index in [1.54, 1.807) is 18.5 Å². The molecule has 1 aromatic carbocycles. The van der Waals surface area contributed by atoms with E-state index in [0.717, 1.165) is 0 Å². The van der Waals surface area contributed by atoms with Gasteiger partial charge in [0, 0.05) is 12.4 Å². The summed E-state index contributed by atoms with van der Waals surface area (Å²) >= 11 is 0. The second-order valence-electron chi connectivity index (χ2n) is 4.85. The van der Waals surface area contributed by atoms with Crippen molar-refractivity contribution in [2.45, 2.75) is 94.4 Å². The fraction of sp³-hybridized carbons (Fsp3) is 0.583. The van der Waals surface area contributed by atoms with Gasteiger partial charge in [0.05, 0.1) is 0 Å². The van der Waals surface area contributed by atoms with Crippen LogP contribution in [0.5, 0.6) is 0 Å². The van der Waals surface area contributed by atoms with Crippen molar-refractivity contribution in [1.29, 1.82) is 0 Å². The number of benzene rings is 1. The molecule has 0 saturated heterocycles. The van der Waals surface area contributed by atoms with E-state index < -0.39 is 0 Å². The summed E-state index contributed by atoms with van der Waals surface area (Å²) in [6.07, 6.45) is 12.9. The normalized spacial score (nSPS) is 7.65. The largest absolute Gasteiger partial charge is 0.245 e. The van der Waals surface area contributed by atoms with Crippen LogP contribution in [0, 0.1) is 0 Å². The van der Waals surface area contributed by atoms with Crippen molar-refractivity contribution in [3.8, 4) is 0 Å². The summed E-state index contributed by atoms with van der Waals surface area (Å²) in [6, 6.07) is 12.3. The third kappa shape index (κ3) is 30.2. The highest BCUT2D eigenvalue weighted by Crippen LogP contribution is 2.00. The third-order valence-electron chi connectivity index (χ3n) is 2.82. The van der Waals surface area contributed by atoms with Crippen LogP contribution < -0.4 is 0 Å². The van der Waals surface area contributed by atoms with E-state index in [1.807, 2.05) is 27.7 Å². The van der Waals surface area contributed by atoms with E-state index in [9.17, 15) is 0 Å². The van der Waals surface area contributed by atoms with Crippen molar-refractivity contribution in [2.75, 3.05) is 0 Å². The predicted molar refractivity (Wildman–Crippen MR) is 122 cm³/mol. The van der Waals surface area contributed by atoms with Gasteiger partial charge in [0.2, 0.25) is 0 Å². The van der Waals surface area contributed by atoms with Crippen molar-refractivity contribution in [3.05, 3.63) is 60.7 Å². The highest BCUT2D eigenvalue weighted by Gasteiger charge is 1.84. The number of unbranched alkanes of at least 4 members (excludes halogenated alkanes) is 3. The van der Waals surface area contributed by atoms with Crippen molar-refractivity contribution in [3.63, 3.8) is 0 Å². The SMILES string of the molecule is C.CC.CC.CCCCCC.CCCc1ccccc1.c1cncnc1. The zero-order valence-electron chi connectivity index (χ0n) is 17.8. The molecule has 0 bridgehead atoms. The second kappa shape index (κ2) is 34.6. The summed E-state index contributed by atoms with van der Waals surface area (Å²) in [7, 11) is 0. The lowest BCUT2D eigenvalue weighted by Crippen LogP contribution is -1.78. The van der Waals surface area contributed by atoms with E-state index in [1.165, 1.54) is 50.4 Å². The van der Waals surface area contributed by atoms with Crippen LogP contribution in [0.3, 0.4) is 0 Å². The quantitative estimate of drug-likeness (QED) is 0.499. The number of aromatic nitrogens is 2. The highest BCUT2D eigenvalue weighted by molar-refractivity contribution is 5.14. The molecule has 0 atom stereocenters. The molecule has 0 unspecified atom stereocenters. The first-order valence-corrected chi connectivity index (χ1v) is 10.1. The smallest absolute Gasteiger partial charge is 0.115 e. The molecule has 1 aromatic heterocycles. The molecule has 2 rings (SSSR count). The van der Waals surface area contributed by atoms with Crippen LogP contribution in [0.4, 0.5) is 0 Å². The Labute approximate surface area is 165 Å². The molecule has 0 saturated carbocycles. The van der Waals surface area contributed by atoms with Crippen LogP contribution in [0.2, 0.25) is 0 Å². The van der Waals surface area contributed by atoms with Gasteiger partial charge in [-0.3, -0.25) is 0 Å². The Bertz CT molecular complexity index is 357. The minimum absolute atomic E-state index is 0. The minimum atomic E-state index is 0. The van der Waals surface area contributed by atoms with E-state index in [-0.39, 0.29) is 7.43 Å². The predicted octanol–water partition coefficient (Wildman–Crippen LogP) is 8.39. The molecule has 152 valence electrons. The molecule has 0 aliphatic heterocycles. The molecule has 2 nitrogen and oxygen atoms in total. The molecule has 2 aromatic rings. The van der Waals surface area contributed by atoms with Crippen LogP contribution >= 0.6 is 0 Å². The van der Waals surface area contributed by atoms with Crippen molar-refractivity contribution < 1.29 is 0 Å². The molecule has 0 spiro atoms. The van der Waals surface area contributed by atoms with Crippen molar-refractivity contribution in [1.82, 2.24) is 9.97 Å². The van der Waals surface area contributed by atoms with Gasteiger partial charge < -0.3 is 0 Å². The fourth-order valence-electron chi connectivity index (χ4n) is 1.69. The van der Waals surface area contributed by atoms with Gasteiger partial charge in [0.15, 0.2) is 0 Å². The Morgan fingerprint density at radius 1 is 0.654 bits per heavy atom. The molecule has 26 heavy (non-hydrogen) atoms. The average molecular weight is 363 g/mol. The first kappa shape index (κ1) is 32.0. The first-order valence-electron chi connectivity index (χ1n) is 10.1. The monoisotopic (exact) mass is 362 g/mol. The summed E-state index contributed by atoms with van der Waals surface area (Å²) in [5.74, 6) is 0. The number of nitrogens with zero attached hydrogens (tertiary/aromatic N) is 2. The van der Waals surface area contributed by atoms with Crippen molar-refractivity contribution in [2.24, 2.45) is 0 Å². The fourth-order valence-corrected chi connectivity index (χ4v) is 1.69. The Morgan fingerprint density at radius 2 is 1.12 bits per heavy atom. The number of hydrogen-bond acceptors (Lipinski definition) is 2. The zero-order valence-corrected chi connectivity index (χ0v) is 17.8. The number of hydrogen-bond donors (Lipinski definition) is 0. The van der Waals surface area contributed by atoms with E-state index in [4.69, 9.17) is 0 Å². The highest BCUT2D eigenvalue weighted by atomic mass is 14.8. The number of rotatable bonds is 5. The summed E-state index contributed by atoms with van der Waals surface area (Å²) in [6.45, 7) is 14.7. The van der Waals surface area contributed by atoms with Crippen molar-refractivity contribution >= 4 is 0 Å². The first-order chi connectivity index (χ1) is 12.3. The van der Waals surface area contributed by atoms with Gasteiger partial charge in [0.1, 0.15) is 6.33 Å². The summed E-state index contributed by atoms with van der Waals surface area (Å²) in [5, 5.41) is 0. The maximum atomic E-state index is 3.67. The lowest BCUT2D eigenvalue weighted by molar-refractivity contribution is 0.702. The number of aryl methyl sites for hydroxylation is 1. The zero-order chi connectivity index (χ0) is 19.6. The van der Waals surface area contributed by atoms with Gasteiger partial charge in [-0.05, 0) is 18.1 Å². The van der Waals surface area contributed by atoms with Crippen LogP contribution in [0.25, 0.3) is 0 Å². The molecule has 2 heteroatoms. The molecule has 0 aliphatic rings. The Hall–Kier alpha value is -1.70. The van der Waals surface area contributed by atoms with Gasteiger partial charge >= 0.3 is 0 Å². The van der Waals surface area contributed by atoms with E-state index in [0.29, 0.717) is 0 Å². The summed E-state index contributed by atoms with van der Waals surface area (Å²) in [5.41, 5.74) is 1.44. The topological polar surface area (TPSA) is 25.8 Å². The Morgan fingerprint density at radius 3 is 1.38 bits per heavy atom. The lowest BCUT2D eigenvalue weighted by Gasteiger charge is -1.93. The minimum Gasteiger partial charge on any atom is -0.245 e. The third-order valence-corrected chi connectivity index (χ3v) is 2.82. The van der Waals surface area contributed by atoms with E-state index >= 15 is 0 Å². The Kier molecular flexibility index (Phi) is 42.6. The van der Waals surface area contributed by atoms with Crippen LogP contribution in [0.1, 0.15) is 93.6 Å². The van der Waals surface area contributed by atoms with E-state index in [2.05, 4.69) is 61.1 Å². The van der Waals surface area contributed by atoms with Crippen LogP contribution in [0.15, 0.2) is 55.1 Å². The standard InChI is InChI=1S/C9H12.C6H14.C4H4N2.2C2H6.CH4/c1-2-6-9-7-4-3-5-8-9;1-3-5-6-4-2;1-2-5-4-6-3-1;2*1-2;/h3-5,7-8H,2,6H2,1H3;3-6H2,1-2H3;1-4H;2*1-2H3;1H4. The molecule has 0 aliphatic carbocycles. The molecule has 1 heterocycles. The molecule has 0 amide bonds. The maximum absolute atomic E-state index is 3.67. The molecule has 0 N–H and O–H groups in total.